The Bertz CT molecular complexity index is 969. The molecule has 0 spiro atoms. The molecule has 0 radical (unpaired) electrons. The van der Waals surface area contributed by atoms with Crippen molar-refractivity contribution in [2.75, 3.05) is 12.4 Å². The summed E-state index contributed by atoms with van der Waals surface area (Å²) in [5, 5.41) is 7.74. The average Bonchev–Trinajstić information content (AvgIpc) is 2.85. The number of hydrogen-bond donors (Lipinski definition) is 3. The van der Waals surface area contributed by atoms with Crippen molar-refractivity contribution in [2.24, 2.45) is 5.92 Å². The number of Topliss-reactive ketones (excluding diaryl/α,β-unsaturated/α-hetero) is 1. The Labute approximate surface area is 210 Å². The van der Waals surface area contributed by atoms with Gasteiger partial charge in [-0.05, 0) is 29.9 Å². The average molecular weight is 502 g/mol. The molecule has 2 aromatic carbocycles. The van der Waals surface area contributed by atoms with E-state index in [0.29, 0.717) is 6.42 Å². The zero-order chi connectivity index (χ0) is 25.6. The Morgan fingerprint density at radius 1 is 0.857 bits per heavy atom. The molecule has 35 heavy (non-hydrogen) atoms. The van der Waals surface area contributed by atoms with Crippen LogP contribution < -0.4 is 16.0 Å². The van der Waals surface area contributed by atoms with E-state index in [1.54, 1.807) is 0 Å². The zero-order valence-electron chi connectivity index (χ0n) is 20.0. The number of alkyl carbamates (subject to hydrolysis) is 1. The first-order valence-electron chi connectivity index (χ1n) is 11.4. The summed E-state index contributed by atoms with van der Waals surface area (Å²) in [6.45, 7) is 3.54. The van der Waals surface area contributed by atoms with Crippen LogP contribution in [0.4, 0.5) is 4.79 Å². The van der Waals surface area contributed by atoms with E-state index in [1.807, 2.05) is 74.5 Å². The Morgan fingerprint density at radius 3 is 2.03 bits per heavy atom. The van der Waals surface area contributed by atoms with Crippen LogP contribution in [0.15, 0.2) is 60.7 Å². The third-order valence-electron chi connectivity index (χ3n) is 5.08. The molecule has 0 saturated heterocycles. The molecule has 0 aliphatic carbocycles. The number of ether oxygens (including phenoxy) is 1. The van der Waals surface area contributed by atoms with Crippen molar-refractivity contribution in [2.45, 2.75) is 45.4 Å². The fourth-order valence-electron chi connectivity index (χ4n) is 3.34. The maximum atomic E-state index is 13.0. The quantitative estimate of drug-likeness (QED) is 0.365. The molecule has 3 amide bonds. The lowest BCUT2D eigenvalue weighted by molar-refractivity contribution is -0.131. The van der Waals surface area contributed by atoms with Gasteiger partial charge in [-0.25, -0.2) is 4.79 Å². The molecule has 9 heteroatoms. The number of ketones is 1. The van der Waals surface area contributed by atoms with Crippen LogP contribution in [0.1, 0.15) is 31.4 Å². The number of nitrogens with one attached hydrogen (secondary N) is 3. The van der Waals surface area contributed by atoms with Gasteiger partial charge in [0.05, 0.1) is 11.9 Å². The second-order valence-electron chi connectivity index (χ2n) is 8.52. The van der Waals surface area contributed by atoms with Crippen LogP contribution in [0.5, 0.6) is 0 Å². The summed E-state index contributed by atoms with van der Waals surface area (Å²) in [7, 11) is 0. The van der Waals surface area contributed by atoms with Crippen LogP contribution in [0, 0.1) is 5.92 Å². The summed E-state index contributed by atoms with van der Waals surface area (Å²) in [6.07, 6.45) is -0.108. The molecular weight excluding hydrogens is 470 g/mol. The first-order chi connectivity index (χ1) is 16.8. The maximum Gasteiger partial charge on any atom is 0.407 e. The third kappa shape index (κ3) is 10.6. The van der Waals surface area contributed by atoms with Gasteiger partial charge in [-0.15, -0.1) is 11.6 Å². The molecule has 0 unspecified atom stereocenters. The van der Waals surface area contributed by atoms with Crippen LogP contribution in [-0.4, -0.2) is 48.2 Å². The Hall–Kier alpha value is -3.39. The number of alkyl halides is 1. The van der Waals surface area contributed by atoms with E-state index in [4.69, 9.17) is 16.3 Å². The topological polar surface area (TPSA) is 114 Å². The van der Waals surface area contributed by atoms with Crippen LogP contribution in [0.25, 0.3) is 0 Å². The summed E-state index contributed by atoms with van der Waals surface area (Å²) in [6, 6.07) is 16.7. The fourth-order valence-corrected chi connectivity index (χ4v) is 3.52. The zero-order valence-corrected chi connectivity index (χ0v) is 20.7. The maximum absolute atomic E-state index is 13.0. The second-order valence-corrected chi connectivity index (χ2v) is 8.78. The van der Waals surface area contributed by atoms with Crippen LogP contribution in [-0.2, 0) is 32.1 Å². The molecule has 0 aliphatic rings. The molecule has 0 bridgehead atoms. The highest BCUT2D eigenvalue weighted by Crippen LogP contribution is 2.09. The van der Waals surface area contributed by atoms with E-state index < -0.39 is 30.0 Å². The van der Waals surface area contributed by atoms with Crippen molar-refractivity contribution in [1.82, 2.24) is 16.0 Å². The normalized spacial score (nSPS) is 12.3. The number of carbonyl (C=O) groups is 4. The molecule has 8 nitrogen and oxygen atoms in total. The summed E-state index contributed by atoms with van der Waals surface area (Å²) in [4.78, 5) is 49.7. The van der Waals surface area contributed by atoms with Gasteiger partial charge in [0.25, 0.3) is 0 Å². The van der Waals surface area contributed by atoms with Crippen molar-refractivity contribution < 1.29 is 23.9 Å². The lowest BCUT2D eigenvalue weighted by Gasteiger charge is -2.24. The largest absolute Gasteiger partial charge is 0.445 e. The van der Waals surface area contributed by atoms with E-state index >= 15 is 0 Å². The SMILES string of the molecule is CC(C)C[C@@H](NC(=O)CNC(=O)OCc1ccccc1)C(=O)N[C@@H](Cc1ccccc1)C(=O)CCl. The Morgan fingerprint density at radius 2 is 1.46 bits per heavy atom. The van der Waals surface area contributed by atoms with E-state index in [-0.39, 0.29) is 37.2 Å². The molecule has 2 aromatic rings. The summed E-state index contributed by atoms with van der Waals surface area (Å²) in [5.41, 5.74) is 1.69. The van der Waals surface area contributed by atoms with Crippen molar-refractivity contribution >= 4 is 35.3 Å². The molecule has 0 saturated carbocycles. The van der Waals surface area contributed by atoms with Gasteiger partial charge in [0, 0.05) is 0 Å². The lowest BCUT2D eigenvalue weighted by Crippen LogP contribution is -2.54. The monoisotopic (exact) mass is 501 g/mol. The van der Waals surface area contributed by atoms with E-state index in [2.05, 4.69) is 16.0 Å². The first kappa shape index (κ1) is 27.9. The van der Waals surface area contributed by atoms with E-state index in [1.165, 1.54) is 0 Å². The Balaban J connectivity index is 1.92. The van der Waals surface area contributed by atoms with E-state index in [0.717, 1.165) is 11.1 Å². The molecule has 2 atom stereocenters. The van der Waals surface area contributed by atoms with Crippen LogP contribution >= 0.6 is 11.6 Å². The molecule has 0 heterocycles. The van der Waals surface area contributed by atoms with Crippen LogP contribution in [0.3, 0.4) is 0 Å². The van der Waals surface area contributed by atoms with Gasteiger partial charge in [-0.1, -0.05) is 74.5 Å². The standard InChI is InChI=1S/C26H32ClN3O5/c1-18(2)13-22(25(33)30-21(23(31)15-27)14-19-9-5-3-6-10-19)29-24(32)16-28-26(34)35-17-20-11-7-4-8-12-20/h3-12,18,21-22H,13-17H2,1-2H3,(H,28,34)(H,29,32)(H,30,33)/t21-,22+/m0/s1. The van der Waals surface area contributed by atoms with Gasteiger partial charge in [0.2, 0.25) is 11.8 Å². The van der Waals surface area contributed by atoms with Crippen molar-refractivity contribution in [1.29, 1.82) is 0 Å². The highest BCUT2D eigenvalue weighted by molar-refractivity contribution is 6.28. The second kappa shape index (κ2) is 14.8. The highest BCUT2D eigenvalue weighted by Gasteiger charge is 2.27. The molecule has 0 aromatic heterocycles. The number of rotatable bonds is 13. The molecule has 188 valence electrons. The van der Waals surface area contributed by atoms with Gasteiger partial charge in [-0.3, -0.25) is 14.4 Å². The minimum Gasteiger partial charge on any atom is -0.445 e. The summed E-state index contributed by atoms with van der Waals surface area (Å²) < 4.78 is 5.08. The van der Waals surface area contributed by atoms with Crippen molar-refractivity contribution in [3.05, 3.63) is 71.8 Å². The Kier molecular flexibility index (Phi) is 11.8. The molecule has 3 N–H and O–H groups in total. The summed E-state index contributed by atoms with van der Waals surface area (Å²) in [5.74, 6) is -1.51. The molecule has 0 aliphatic heterocycles. The van der Waals surface area contributed by atoms with Gasteiger partial charge in [-0.2, -0.15) is 0 Å². The van der Waals surface area contributed by atoms with Gasteiger partial charge < -0.3 is 20.7 Å². The number of hydrogen-bond acceptors (Lipinski definition) is 5. The van der Waals surface area contributed by atoms with Crippen LogP contribution in [0.2, 0.25) is 0 Å². The highest BCUT2D eigenvalue weighted by atomic mass is 35.5. The molecule has 0 fully saturated rings. The molecule has 2 rings (SSSR count). The number of halogens is 1. The van der Waals surface area contributed by atoms with E-state index in [9.17, 15) is 19.2 Å². The fraction of sp³-hybridized carbons (Fsp3) is 0.385. The molecular formula is C26H32ClN3O5. The number of benzene rings is 2. The number of amides is 3. The van der Waals surface area contributed by atoms with Gasteiger partial charge in [0.1, 0.15) is 19.2 Å². The number of carbonyl (C=O) groups excluding carboxylic acids is 4. The summed E-state index contributed by atoms with van der Waals surface area (Å²) >= 11 is 5.76. The van der Waals surface area contributed by atoms with Crippen molar-refractivity contribution in [3.8, 4) is 0 Å². The van der Waals surface area contributed by atoms with Gasteiger partial charge in [0.15, 0.2) is 5.78 Å². The smallest absolute Gasteiger partial charge is 0.407 e. The first-order valence-corrected chi connectivity index (χ1v) is 12.0. The predicted octanol–water partition coefficient (Wildman–Crippen LogP) is 2.98. The van der Waals surface area contributed by atoms with Crippen molar-refractivity contribution in [3.63, 3.8) is 0 Å². The predicted molar refractivity (Wildman–Crippen MR) is 134 cm³/mol. The third-order valence-corrected chi connectivity index (χ3v) is 5.35. The minimum atomic E-state index is -0.883. The lowest BCUT2D eigenvalue weighted by atomic mass is 10.00. The minimum absolute atomic E-state index is 0.0735. The van der Waals surface area contributed by atoms with Gasteiger partial charge >= 0.3 is 6.09 Å².